The number of halogens is 2. The lowest BCUT2D eigenvalue weighted by molar-refractivity contribution is -0.286. The first kappa shape index (κ1) is 19.9. The molecule has 28 heavy (non-hydrogen) atoms. The van der Waals surface area contributed by atoms with Crippen molar-refractivity contribution in [2.24, 2.45) is 0 Å². The molecule has 0 bridgehead atoms. The molecule has 7 nitrogen and oxygen atoms in total. The summed E-state index contributed by atoms with van der Waals surface area (Å²) in [5.74, 6) is -0.692. The molecule has 0 saturated carbocycles. The van der Waals surface area contributed by atoms with Gasteiger partial charge in [-0.2, -0.15) is 5.26 Å². The third-order valence-corrected chi connectivity index (χ3v) is 5.22. The lowest BCUT2D eigenvalue weighted by Crippen LogP contribution is -2.63. The summed E-state index contributed by atoms with van der Waals surface area (Å²) in [4.78, 5) is 28.7. The van der Waals surface area contributed by atoms with Crippen LogP contribution in [0.1, 0.15) is 44.7 Å². The van der Waals surface area contributed by atoms with E-state index in [-0.39, 0.29) is 36.2 Å². The number of ether oxygens (including phenoxy) is 2. The molecule has 0 aromatic heterocycles. The number of nitriles is 1. The molecule has 1 saturated heterocycles. The summed E-state index contributed by atoms with van der Waals surface area (Å²) in [6.45, 7) is 3.48. The second-order valence-electron chi connectivity index (χ2n) is 6.88. The Morgan fingerprint density at radius 2 is 1.93 bits per heavy atom. The number of carbonyl (C=O) groups excluding carboxylic acids is 2. The molecule has 2 heterocycles. The van der Waals surface area contributed by atoms with Crippen LogP contribution in [0.5, 0.6) is 11.5 Å². The van der Waals surface area contributed by atoms with Gasteiger partial charge in [0, 0.05) is 13.5 Å². The molecule has 1 aromatic rings. The third-order valence-electron chi connectivity index (χ3n) is 5.22. The smallest absolute Gasteiger partial charge is 0.395 e. The predicted molar refractivity (Wildman–Crippen MR) is 93.4 cm³/mol. The fraction of sp³-hybridized carbons (Fsp3) is 0.526. The summed E-state index contributed by atoms with van der Waals surface area (Å²) in [6.07, 6.45) is -2.95. The van der Waals surface area contributed by atoms with Crippen LogP contribution in [0.15, 0.2) is 18.2 Å². The minimum Gasteiger partial charge on any atom is -0.395 e. The summed E-state index contributed by atoms with van der Waals surface area (Å²) < 4.78 is 35.6. The van der Waals surface area contributed by atoms with Gasteiger partial charge in [0.05, 0.1) is 12.1 Å². The summed E-state index contributed by atoms with van der Waals surface area (Å²) in [5, 5.41) is 8.94. The monoisotopic (exact) mass is 393 g/mol. The van der Waals surface area contributed by atoms with E-state index >= 15 is 0 Å². The fourth-order valence-electron chi connectivity index (χ4n) is 3.68. The Hall–Kier alpha value is -2.89. The maximum atomic E-state index is 13.3. The SMILES string of the molecule is CCC(c1ccc2c(c1)OC(F)(F)O2)N1C(=O)[C@@H](C)N(C)C(=O)[C@@H]1CCC#N. The van der Waals surface area contributed by atoms with Crippen LogP contribution in [0.3, 0.4) is 0 Å². The van der Waals surface area contributed by atoms with Gasteiger partial charge >= 0.3 is 6.29 Å². The van der Waals surface area contributed by atoms with E-state index in [4.69, 9.17) is 5.26 Å². The first-order valence-electron chi connectivity index (χ1n) is 9.05. The number of carbonyl (C=O) groups is 2. The second-order valence-corrected chi connectivity index (χ2v) is 6.88. The number of piperazine rings is 1. The third kappa shape index (κ3) is 3.35. The number of hydrogen-bond donors (Lipinski definition) is 0. The molecular weight excluding hydrogens is 372 g/mol. The van der Waals surface area contributed by atoms with Crippen molar-refractivity contribution in [2.45, 2.75) is 57.5 Å². The van der Waals surface area contributed by atoms with E-state index in [1.54, 1.807) is 20.0 Å². The van der Waals surface area contributed by atoms with Crippen LogP contribution in [-0.2, 0) is 9.59 Å². The van der Waals surface area contributed by atoms with Crippen molar-refractivity contribution in [2.75, 3.05) is 7.05 Å². The van der Waals surface area contributed by atoms with Crippen molar-refractivity contribution in [3.8, 4) is 17.6 Å². The molecule has 2 aliphatic rings. The van der Waals surface area contributed by atoms with Crippen molar-refractivity contribution in [3.05, 3.63) is 23.8 Å². The number of benzene rings is 1. The Morgan fingerprint density at radius 3 is 2.57 bits per heavy atom. The number of fused-ring (bicyclic) bond motifs is 1. The summed E-state index contributed by atoms with van der Waals surface area (Å²) in [7, 11) is 1.56. The van der Waals surface area contributed by atoms with E-state index in [0.29, 0.717) is 12.0 Å². The lowest BCUT2D eigenvalue weighted by atomic mass is 9.94. The van der Waals surface area contributed by atoms with Gasteiger partial charge in [-0.25, -0.2) is 0 Å². The highest BCUT2D eigenvalue weighted by Gasteiger charge is 2.46. The molecule has 0 aliphatic carbocycles. The molecule has 150 valence electrons. The van der Waals surface area contributed by atoms with Crippen molar-refractivity contribution in [1.29, 1.82) is 5.26 Å². The van der Waals surface area contributed by atoms with Crippen molar-refractivity contribution in [3.63, 3.8) is 0 Å². The molecule has 3 atom stereocenters. The Labute approximate surface area is 161 Å². The minimum atomic E-state index is -3.73. The molecule has 9 heteroatoms. The maximum absolute atomic E-state index is 13.3. The molecule has 2 aliphatic heterocycles. The quantitative estimate of drug-likeness (QED) is 0.768. The number of likely N-dealkylation sites (N-methyl/N-ethyl adjacent to an activating group) is 1. The van der Waals surface area contributed by atoms with Crippen molar-refractivity contribution >= 4 is 11.8 Å². The number of alkyl halides is 2. The molecule has 0 radical (unpaired) electrons. The molecule has 1 unspecified atom stereocenters. The predicted octanol–water partition coefficient (Wildman–Crippen LogP) is 2.82. The van der Waals surface area contributed by atoms with E-state index < -0.39 is 24.4 Å². The maximum Gasteiger partial charge on any atom is 0.586 e. The molecule has 0 N–H and O–H groups in total. The number of hydrogen-bond acceptors (Lipinski definition) is 5. The molecule has 2 amide bonds. The van der Waals surface area contributed by atoms with Gasteiger partial charge in [-0.05, 0) is 37.5 Å². The van der Waals surface area contributed by atoms with Gasteiger partial charge in [0.25, 0.3) is 0 Å². The van der Waals surface area contributed by atoms with E-state index in [9.17, 15) is 18.4 Å². The van der Waals surface area contributed by atoms with Crippen LogP contribution in [-0.4, -0.2) is 47.0 Å². The Kier molecular flexibility index (Phi) is 5.15. The molecule has 1 fully saturated rings. The number of rotatable bonds is 5. The zero-order valence-electron chi connectivity index (χ0n) is 15.8. The van der Waals surface area contributed by atoms with Gasteiger partial charge in [0.1, 0.15) is 12.1 Å². The molecule has 1 aromatic carbocycles. The van der Waals surface area contributed by atoms with Crippen LogP contribution in [0, 0.1) is 11.3 Å². The first-order chi connectivity index (χ1) is 13.2. The standard InChI is InChI=1S/C19H21F2N3O4/c1-4-13(12-7-8-15-16(10-12)28-19(20,21)27-15)24-14(6-5-9-22)18(26)23(3)11(2)17(24)25/h7-8,10-11,13-14H,4-6H2,1-3H3/t11-,13?,14+/m1/s1. The molecular formula is C19H21F2N3O4. The molecule has 3 rings (SSSR count). The van der Waals surface area contributed by atoms with Crippen molar-refractivity contribution < 1.29 is 27.8 Å². The van der Waals surface area contributed by atoms with Gasteiger partial charge < -0.3 is 19.3 Å². The van der Waals surface area contributed by atoms with Gasteiger partial charge in [0.15, 0.2) is 11.5 Å². The van der Waals surface area contributed by atoms with Gasteiger partial charge in [-0.3, -0.25) is 9.59 Å². The van der Waals surface area contributed by atoms with E-state index in [2.05, 4.69) is 9.47 Å². The first-order valence-corrected chi connectivity index (χ1v) is 9.05. The van der Waals surface area contributed by atoms with Crippen LogP contribution in [0.2, 0.25) is 0 Å². The highest BCUT2D eigenvalue weighted by molar-refractivity contribution is 5.96. The van der Waals surface area contributed by atoms with Crippen LogP contribution >= 0.6 is 0 Å². The Morgan fingerprint density at radius 1 is 1.25 bits per heavy atom. The minimum absolute atomic E-state index is 0.0845. The number of amides is 2. The van der Waals surface area contributed by atoms with E-state index in [1.807, 2.05) is 13.0 Å². The largest absolute Gasteiger partial charge is 0.586 e. The zero-order chi connectivity index (χ0) is 20.6. The van der Waals surface area contributed by atoms with Gasteiger partial charge in [0.2, 0.25) is 11.8 Å². The highest BCUT2D eigenvalue weighted by Crippen LogP contribution is 2.43. The Balaban J connectivity index is 1.98. The van der Waals surface area contributed by atoms with Gasteiger partial charge in [-0.15, -0.1) is 8.78 Å². The van der Waals surface area contributed by atoms with Crippen LogP contribution < -0.4 is 9.47 Å². The summed E-state index contributed by atoms with van der Waals surface area (Å²) in [5.41, 5.74) is 0.558. The van der Waals surface area contributed by atoms with E-state index in [1.165, 1.54) is 21.9 Å². The lowest BCUT2D eigenvalue weighted by Gasteiger charge is -2.46. The topological polar surface area (TPSA) is 82.9 Å². The average Bonchev–Trinajstić information content (AvgIpc) is 2.97. The normalized spacial score (nSPS) is 24.3. The summed E-state index contributed by atoms with van der Waals surface area (Å²) in [6, 6.07) is 4.40. The van der Waals surface area contributed by atoms with Crippen LogP contribution in [0.25, 0.3) is 0 Å². The Bertz CT molecular complexity index is 839. The number of nitrogens with zero attached hydrogens (tertiary/aromatic N) is 3. The highest BCUT2D eigenvalue weighted by atomic mass is 19.3. The average molecular weight is 393 g/mol. The fourth-order valence-corrected chi connectivity index (χ4v) is 3.68. The van der Waals surface area contributed by atoms with Crippen LogP contribution in [0.4, 0.5) is 8.78 Å². The van der Waals surface area contributed by atoms with Crippen molar-refractivity contribution in [1.82, 2.24) is 9.80 Å². The summed E-state index contributed by atoms with van der Waals surface area (Å²) >= 11 is 0. The van der Waals surface area contributed by atoms with Gasteiger partial charge in [-0.1, -0.05) is 13.0 Å². The second kappa shape index (κ2) is 7.26. The van der Waals surface area contributed by atoms with E-state index in [0.717, 1.165) is 0 Å². The molecule has 0 spiro atoms. The zero-order valence-corrected chi connectivity index (χ0v) is 15.8.